The second-order valence-corrected chi connectivity index (χ2v) is 3.03. The first kappa shape index (κ1) is 11.8. The number of carboxylic acid groups (broad SMARTS) is 1. The zero-order valence-corrected chi connectivity index (χ0v) is 8.78. The highest BCUT2D eigenvalue weighted by molar-refractivity contribution is 5.94. The van der Waals surface area contributed by atoms with Gasteiger partial charge in [0.2, 0.25) is 0 Å². The number of carbonyl (C=O) groups is 2. The average molecular weight is 217 g/mol. The summed E-state index contributed by atoms with van der Waals surface area (Å²) in [5.41, 5.74) is 1.24. The zero-order valence-electron chi connectivity index (χ0n) is 8.78. The van der Waals surface area contributed by atoms with E-state index >= 15 is 0 Å². The van der Waals surface area contributed by atoms with Gasteiger partial charge in [-0.15, -0.1) is 0 Å². The van der Waals surface area contributed by atoms with Crippen LogP contribution in [0.4, 0.5) is 0 Å². The lowest BCUT2D eigenvalue weighted by Gasteiger charge is -1.98. The van der Waals surface area contributed by atoms with E-state index in [1.165, 1.54) is 0 Å². The molecule has 1 aromatic rings. The van der Waals surface area contributed by atoms with Crippen molar-refractivity contribution in [1.29, 1.82) is 0 Å². The maximum atomic E-state index is 11.2. The van der Waals surface area contributed by atoms with Crippen LogP contribution in [-0.2, 0) is 4.79 Å². The molecule has 2 N–H and O–H groups in total. The van der Waals surface area contributed by atoms with Crippen LogP contribution in [0.1, 0.15) is 22.3 Å². The summed E-state index contributed by atoms with van der Waals surface area (Å²) in [5, 5.41) is 10.9. The molecule has 0 atom stereocenters. The van der Waals surface area contributed by atoms with Crippen LogP contribution in [0.25, 0.3) is 0 Å². The van der Waals surface area contributed by atoms with Crippen molar-refractivity contribution >= 4 is 11.9 Å². The van der Waals surface area contributed by atoms with Crippen LogP contribution in [0, 0.1) is 11.8 Å². The summed E-state index contributed by atoms with van der Waals surface area (Å²) < 4.78 is 0. The fourth-order valence-electron chi connectivity index (χ4n) is 1.07. The molecule has 16 heavy (non-hydrogen) atoms. The molecule has 0 aromatic heterocycles. The molecule has 4 nitrogen and oxygen atoms in total. The summed E-state index contributed by atoms with van der Waals surface area (Å²) in [6.45, 7) is 0. The lowest BCUT2D eigenvalue weighted by Crippen LogP contribution is -2.17. The Morgan fingerprint density at radius 2 is 1.94 bits per heavy atom. The topological polar surface area (TPSA) is 66.4 Å². The first-order chi connectivity index (χ1) is 7.63. The zero-order chi connectivity index (χ0) is 12.0. The molecular weight excluding hydrogens is 206 g/mol. The van der Waals surface area contributed by atoms with Crippen molar-refractivity contribution in [3.63, 3.8) is 0 Å². The highest BCUT2D eigenvalue weighted by Crippen LogP contribution is 2.02. The molecule has 82 valence electrons. The Balaban J connectivity index is 2.74. The summed E-state index contributed by atoms with van der Waals surface area (Å²) in [6.07, 6.45) is -0.183. The van der Waals surface area contributed by atoms with Crippen LogP contribution in [-0.4, -0.2) is 24.0 Å². The van der Waals surface area contributed by atoms with Crippen LogP contribution in [0.3, 0.4) is 0 Å². The number of carbonyl (C=O) groups excluding carboxylic acids is 1. The Bertz CT molecular complexity index is 451. The summed E-state index contributed by atoms with van der Waals surface area (Å²) in [7, 11) is 1.56. The molecule has 0 aliphatic heterocycles. The van der Waals surface area contributed by atoms with E-state index in [9.17, 15) is 9.59 Å². The molecule has 0 aliphatic carbocycles. The van der Waals surface area contributed by atoms with Gasteiger partial charge in [0.15, 0.2) is 0 Å². The van der Waals surface area contributed by atoms with Crippen molar-refractivity contribution in [2.24, 2.45) is 0 Å². The van der Waals surface area contributed by atoms with Crippen LogP contribution in [0.5, 0.6) is 0 Å². The van der Waals surface area contributed by atoms with Gasteiger partial charge in [0.05, 0.1) is 0 Å². The minimum Gasteiger partial charge on any atom is -0.481 e. The second kappa shape index (κ2) is 5.56. The van der Waals surface area contributed by atoms with Gasteiger partial charge < -0.3 is 10.4 Å². The van der Waals surface area contributed by atoms with Gasteiger partial charge in [-0.2, -0.15) is 0 Å². The van der Waals surface area contributed by atoms with Crippen molar-refractivity contribution in [3.05, 3.63) is 35.4 Å². The average Bonchev–Trinajstić information content (AvgIpc) is 2.28. The molecule has 0 radical (unpaired) electrons. The Kier molecular flexibility index (Phi) is 4.10. The van der Waals surface area contributed by atoms with Gasteiger partial charge in [0.25, 0.3) is 5.91 Å². The number of nitrogens with one attached hydrogen (secondary N) is 1. The summed E-state index contributed by atoms with van der Waals surface area (Å²) in [4.78, 5) is 21.4. The molecule has 0 unspecified atom stereocenters. The van der Waals surface area contributed by atoms with Gasteiger partial charge in [-0.25, -0.2) is 0 Å². The molecule has 1 rings (SSSR count). The molecule has 1 amide bonds. The Morgan fingerprint density at radius 3 is 2.44 bits per heavy atom. The third-order valence-corrected chi connectivity index (χ3v) is 1.85. The Labute approximate surface area is 93.3 Å². The predicted molar refractivity (Wildman–Crippen MR) is 59.0 cm³/mol. The molecule has 0 heterocycles. The smallest absolute Gasteiger partial charge is 0.315 e. The van der Waals surface area contributed by atoms with E-state index in [1.54, 1.807) is 31.3 Å². The lowest BCUT2D eigenvalue weighted by atomic mass is 10.1. The van der Waals surface area contributed by atoms with Crippen molar-refractivity contribution in [3.8, 4) is 11.8 Å². The van der Waals surface area contributed by atoms with Gasteiger partial charge >= 0.3 is 5.97 Å². The Morgan fingerprint density at radius 1 is 1.31 bits per heavy atom. The van der Waals surface area contributed by atoms with Crippen LogP contribution in [0.15, 0.2) is 24.3 Å². The molecule has 1 aromatic carbocycles. The van der Waals surface area contributed by atoms with E-state index in [0.717, 1.165) is 0 Å². The van der Waals surface area contributed by atoms with Gasteiger partial charge in [0, 0.05) is 18.2 Å². The predicted octanol–water partition coefficient (Wildman–Crippen LogP) is 0.872. The normalized spacial score (nSPS) is 8.81. The van der Waals surface area contributed by atoms with Gasteiger partial charge in [-0.3, -0.25) is 9.59 Å². The summed E-state index contributed by atoms with van der Waals surface area (Å²) >= 11 is 0. The van der Waals surface area contributed by atoms with Crippen molar-refractivity contribution < 1.29 is 14.7 Å². The number of aliphatic carboxylic acids is 1. The number of hydrogen-bond acceptors (Lipinski definition) is 2. The maximum Gasteiger partial charge on any atom is 0.315 e. The van der Waals surface area contributed by atoms with Crippen LogP contribution in [0.2, 0.25) is 0 Å². The highest BCUT2D eigenvalue weighted by Gasteiger charge is 2.00. The van der Waals surface area contributed by atoms with Gasteiger partial charge in [-0.05, 0) is 24.3 Å². The first-order valence-corrected chi connectivity index (χ1v) is 4.66. The molecular formula is C12H11NO3. The summed E-state index contributed by atoms with van der Waals surface area (Å²) in [6, 6.07) is 6.64. The number of amides is 1. The third-order valence-electron chi connectivity index (χ3n) is 1.85. The SMILES string of the molecule is CNC(=O)c1ccc(C#CCC(=O)O)cc1. The number of benzene rings is 1. The molecule has 4 heteroatoms. The lowest BCUT2D eigenvalue weighted by molar-refractivity contribution is -0.135. The van der Waals surface area contributed by atoms with E-state index in [1.807, 2.05) is 0 Å². The van der Waals surface area contributed by atoms with Crippen LogP contribution < -0.4 is 5.32 Å². The molecule has 0 spiro atoms. The second-order valence-electron chi connectivity index (χ2n) is 3.03. The fourth-order valence-corrected chi connectivity index (χ4v) is 1.07. The van der Waals surface area contributed by atoms with E-state index in [-0.39, 0.29) is 12.3 Å². The molecule has 0 fully saturated rings. The van der Waals surface area contributed by atoms with Gasteiger partial charge in [0.1, 0.15) is 6.42 Å². The molecule has 0 bridgehead atoms. The highest BCUT2D eigenvalue weighted by atomic mass is 16.4. The number of hydrogen-bond donors (Lipinski definition) is 2. The van der Waals surface area contributed by atoms with Crippen LogP contribution >= 0.6 is 0 Å². The van der Waals surface area contributed by atoms with E-state index in [2.05, 4.69) is 17.2 Å². The van der Waals surface area contributed by atoms with E-state index < -0.39 is 5.97 Å². The van der Waals surface area contributed by atoms with Gasteiger partial charge in [-0.1, -0.05) is 11.8 Å². The van der Waals surface area contributed by atoms with Crippen molar-refractivity contribution in [2.45, 2.75) is 6.42 Å². The molecule has 0 aliphatic rings. The molecule has 0 saturated heterocycles. The van der Waals surface area contributed by atoms with Crippen molar-refractivity contribution in [2.75, 3.05) is 7.05 Å². The van der Waals surface area contributed by atoms with Crippen molar-refractivity contribution in [1.82, 2.24) is 5.32 Å². The van der Waals surface area contributed by atoms with E-state index in [0.29, 0.717) is 11.1 Å². The standard InChI is InChI=1S/C12H11NO3/c1-13-12(16)10-7-5-9(6-8-10)3-2-4-11(14)15/h5-8H,4H2,1H3,(H,13,16)(H,14,15). The first-order valence-electron chi connectivity index (χ1n) is 4.66. The monoisotopic (exact) mass is 217 g/mol. The number of carboxylic acids is 1. The molecule has 0 saturated carbocycles. The minimum absolute atomic E-state index is 0.162. The maximum absolute atomic E-state index is 11.2. The third kappa shape index (κ3) is 3.46. The quantitative estimate of drug-likeness (QED) is 0.722. The summed E-state index contributed by atoms with van der Waals surface area (Å²) in [5.74, 6) is 4.10. The Hall–Kier alpha value is -2.28. The largest absolute Gasteiger partial charge is 0.481 e. The minimum atomic E-state index is -0.950. The number of rotatable bonds is 2. The fraction of sp³-hybridized carbons (Fsp3) is 0.167. The van der Waals surface area contributed by atoms with E-state index in [4.69, 9.17) is 5.11 Å².